The molecule has 0 bridgehead atoms. The lowest BCUT2D eigenvalue weighted by Crippen LogP contribution is -2.39. The first-order valence-corrected chi connectivity index (χ1v) is 13.1. The Bertz CT molecular complexity index is 1170. The molecule has 1 amide bonds. The van der Waals surface area contributed by atoms with Crippen LogP contribution in [0.25, 0.3) is 0 Å². The normalized spacial score (nSPS) is 16.6. The van der Waals surface area contributed by atoms with Crippen LogP contribution in [0.2, 0.25) is 5.02 Å². The molecule has 218 valence electrons. The van der Waals surface area contributed by atoms with Gasteiger partial charge in [-0.05, 0) is 74.2 Å². The maximum Gasteiger partial charge on any atom is 0.490 e. The molecule has 0 saturated carbocycles. The summed E-state index contributed by atoms with van der Waals surface area (Å²) in [7, 11) is 0. The van der Waals surface area contributed by atoms with E-state index < -0.39 is 18.1 Å². The molecule has 0 spiro atoms. The minimum Gasteiger partial charge on any atom is -0.478 e. The van der Waals surface area contributed by atoms with Crippen LogP contribution in [0.5, 0.6) is 0 Å². The highest BCUT2D eigenvalue weighted by Gasteiger charge is 2.38. The number of morpholine rings is 1. The number of aromatic carboxylic acids is 1. The van der Waals surface area contributed by atoms with Crippen molar-refractivity contribution in [3.8, 4) is 0 Å². The van der Waals surface area contributed by atoms with E-state index in [0.29, 0.717) is 27.9 Å². The van der Waals surface area contributed by atoms with Crippen molar-refractivity contribution >= 4 is 40.8 Å². The van der Waals surface area contributed by atoms with Crippen LogP contribution in [0.3, 0.4) is 0 Å². The number of carbonyl (C=O) groups is 3. The van der Waals surface area contributed by atoms with Crippen molar-refractivity contribution in [3.63, 3.8) is 0 Å². The van der Waals surface area contributed by atoms with E-state index in [2.05, 4.69) is 15.1 Å². The average molecular weight is 586 g/mol. The van der Waals surface area contributed by atoms with Crippen LogP contribution in [0.1, 0.15) is 40.0 Å². The number of benzene rings is 2. The fourth-order valence-electron chi connectivity index (χ4n) is 4.52. The topological polar surface area (TPSA) is 119 Å². The smallest absolute Gasteiger partial charge is 0.478 e. The third-order valence-electron chi connectivity index (χ3n) is 6.75. The number of nitrogens with one attached hydrogen (secondary N) is 1. The lowest BCUT2D eigenvalue weighted by molar-refractivity contribution is -0.192. The summed E-state index contributed by atoms with van der Waals surface area (Å²) in [5, 5.41) is 20.3. The third kappa shape index (κ3) is 9.39. The Morgan fingerprint density at radius 3 is 2.12 bits per heavy atom. The molecule has 2 saturated heterocycles. The van der Waals surface area contributed by atoms with E-state index in [9.17, 15) is 27.9 Å². The van der Waals surface area contributed by atoms with Crippen molar-refractivity contribution in [2.24, 2.45) is 5.92 Å². The molecular weight excluding hydrogens is 555 g/mol. The molecule has 13 heteroatoms. The predicted molar refractivity (Wildman–Crippen MR) is 143 cm³/mol. The second-order valence-electron chi connectivity index (χ2n) is 9.47. The molecule has 3 N–H and O–H groups in total. The van der Waals surface area contributed by atoms with Gasteiger partial charge in [-0.25, -0.2) is 9.59 Å². The number of carbonyl (C=O) groups excluding carboxylic acids is 1. The summed E-state index contributed by atoms with van der Waals surface area (Å²) in [6.07, 6.45) is -1.80. The summed E-state index contributed by atoms with van der Waals surface area (Å²) in [6.45, 7) is 6.47. The standard InChI is InChI=1S/C25H30ClN3O4.C2HF3O2/c26-20-3-1-19(2-4-20)24(30)27-21-5-6-23(22(17-21)25(31)32)29-11-8-18(9-12-29)7-10-28-13-15-33-16-14-28;3-2(4,5)1(6)7/h1-6,17-18H,7-16H2,(H,27,30)(H,31,32);(H,6,7). The number of nitrogens with zero attached hydrogens (tertiary/aromatic N) is 2. The Kier molecular flexibility index (Phi) is 11.2. The number of rotatable bonds is 7. The van der Waals surface area contributed by atoms with Crippen LogP contribution in [-0.4, -0.2) is 85.1 Å². The molecule has 2 fully saturated rings. The van der Waals surface area contributed by atoms with E-state index >= 15 is 0 Å². The Morgan fingerprint density at radius 2 is 1.57 bits per heavy atom. The summed E-state index contributed by atoms with van der Waals surface area (Å²) in [6, 6.07) is 11.7. The van der Waals surface area contributed by atoms with Crippen molar-refractivity contribution < 1.29 is 42.5 Å². The number of ether oxygens (including phenoxy) is 1. The van der Waals surface area contributed by atoms with E-state index in [-0.39, 0.29) is 11.5 Å². The van der Waals surface area contributed by atoms with E-state index in [0.717, 1.165) is 58.8 Å². The molecule has 2 aromatic carbocycles. The predicted octanol–water partition coefficient (Wildman–Crippen LogP) is 4.86. The van der Waals surface area contributed by atoms with Crippen molar-refractivity contribution in [1.29, 1.82) is 0 Å². The van der Waals surface area contributed by atoms with Gasteiger partial charge in [-0.1, -0.05) is 11.6 Å². The van der Waals surface area contributed by atoms with Crippen molar-refractivity contribution in [1.82, 2.24) is 4.90 Å². The van der Waals surface area contributed by atoms with Gasteiger partial charge in [-0.2, -0.15) is 13.2 Å². The first kappa shape index (κ1) is 31.2. The fourth-order valence-corrected chi connectivity index (χ4v) is 4.64. The second kappa shape index (κ2) is 14.3. The minimum absolute atomic E-state index is 0.204. The van der Waals surface area contributed by atoms with Crippen LogP contribution in [-0.2, 0) is 9.53 Å². The highest BCUT2D eigenvalue weighted by molar-refractivity contribution is 6.30. The highest BCUT2D eigenvalue weighted by Crippen LogP contribution is 2.30. The molecule has 2 aromatic rings. The Hall–Kier alpha value is -3.35. The molecule has 4 rings (SSSR count). The van der Waals surface area contributed by atoms with Crippen molar-refractivity contribution in [2.75, 3.05) is 56.2 Å². The van der Waals surface area contributed by atoms with Crippen molar-refractivity contribution in [3.05, 3.63) is 58.6 Å². The molecule has 2 heterocycles. The van der Waals surface area contributed by atoms with Gasteiger partial charge in [0.15, 0.2) is 0 Å². The zero-order chi connectivity index (χ0) is 29.3. The minimum atomic E-state index is -5.08. The first-order chi connectivity index (χ1) is 18.9. The number of alkyl halides is 3. The highest BCUT2D eigenvalue weighted by atomic mass is 35.5. The molecule has 0 aliphatic carbocycles. The number of aliphatic carboxylic acids is 1. The maximum atomic E-state index is 12.5. The van der Waals surface area contributed by atoms with Gasteiger partial charge in [0.25, 0.3) is 5.91 Å². The molecule has 2 aliphatic heterocycles. The zero-order valence-corrected chi connectivity index (χ0v) is 22.4. The molecule has 9 nitrogen and oxygen atoms in total. The van der Waals surface area contributed by atoms with Crippen LogP contribution in [0.4, 0.5) is 24.5 Å². The van der Waals surface area contributed by atoms with Gasteiger partial charge < -0.3 is 25.2 Å². The van der Waals surface area contributed by atoms with Gasteiger partial charge in [0.1, 0.15) is 0 Å². The van der Waals surface area contributed by atoms with E-state index in [1.54, 1.807) is 36.4 Å². The number of hydrogen-bond acceptors (Lipinski definition) is 6. The van der Waals surface area contributed by atoms with E-state index in [4.69, 9.17) is 26.2 Å². The van der Waals surface area contributed by atoms with Gasteiger partial charge in [0, 0.05) is 42.5 Å². The fraction of sp³-hybridized carbons (Fsp3) is 0.444. The van der Waals surface area contributed by atoms with E-state index in [1.165, 1.54) is 12.5 Å². The first-order valence-electron chi connectivity index (χ1n) is 12.7. The summed E-state index contributed by atoms with van der Waals surface area (Å²) in [5.41, 5.74) is 1.82. The quantitative estimate of drug-likeness (QED) is 0.421. The van der Waals surface area contributed by atoms with Crippen LogP contribution < -0.4 is 10.2 Å². The Morgan fingerprint density at radius 1 is 0.975 bits per heavy atom. The zero-order valence-electron chi connectivity index (χ0n) is 21.6. The van der Waals surface area contributed by atoms with Crippen LogP contribution >= 0.6 is 11.6 Å². The van der Waals surface area contributed by atoms with E-state index in [1.807, 2.05) is 0 Å². The SMILES string of the molecule is O=C(Nc1ccc(N2CCC(CCN3CCOCC3)CC2)c(C(=O)O)c1)c1ccc(Cl)cc1.O=C(O)C(F)(F)F. The van der Waals surface area contributed by atoms with Crippen LogP contribution in [0.15, 0.2) is 42.5 Å². The number of amides is 1. The largest absolute Gasteiger partial charge is 0.490 e. The Balaban J connectivity index is 0.000000559. The number of halogens is 4. The second-order valence-corrected chi connectivity index (χ2v) is 9.91. The number of anilines is 2. The summed E-state index contributed by atoms with van der Waals surface area (Å²) in [4.78, 5) is 38.0. The van der Waals surface area contributed by atoms with Gasteiger partial charge >= 0.3 is 18.1 Å². The number of carboxylic acid groups (broad SMARTS) is 2. The summed E-state index contributed by atoms with van der Waals surface area (Å²) in [5.74, 6) is -3.40. The number of carboxylic acids is 2. The van der Waals surface area contributed by atoms with Crippen LogP contribution in [0, 0.1) is 5.92 Å². The molecule has 0 unspecified atom stereocenters. The van der Waals surface area contributed by atoms with Gasteiger partial charge in [0.2, 0.25) is 0 Å². The molecular formula is C27H31ClF3N3O6. The molecule has 0 aromatic heterocycles. The molecule has 0 atom stereocenters. The monoisotopic (exact) mass is 585 g/mol. The number of piperidine rings is 1. The van der Waals surface area contributed by atoms with Gasteiger partial charge in [0.05, 0.1) is 24.5 Å². The molecule has 2 aliphatic rings. The lowest BCUT2D eigenvalue weighted by atomic mass is 9.92. The molecule has 0 radical (unpaired) electrons. The van der Waals surface area contributed by atoms with Gasteiger partial charge in [-0.15, -0.1) is 0 Å². The molecule has 40 heavy (non-hydrogen) atoms. The third-order valence-corrected chi connectivity index (χ3v) is 7.00. The van der Waals surface area contributed by atoms with Crippen molar-refractivity contribution in [2.45, 2.75) is 25.4 Å². The summed E-state index contributed by atoms with van der Waals surface area (Å²) < 4.78 is 37.2. The summed E-state index contributed by atoms with van der Waals surface area (Å²) >= 11 is 5.88. The van der Waals surface area contributed by atoms with Gasteiger partial charge in [-0.3, -0.25) is 9.69 Å². The Labute approximate surface area is 234 Å². The average Bonchev–Trinajstić information content (AvgIpc) is 2.93. The lowest BCUT2D eigenvalue weighted by Gasteiger charge is -2.35. The maximum absolute atomic E-state index is 12.5. The number of hydrogen-bond donors (Lipinski definition) is 3.